The van der Waals surface area contributed by atoms with Crippen molar-refractivity contribution >= 4 is 11.8 Å². The summed E-state index contributed by atoms with van der Waals surface area (Å²) in [6.07, 6.45) is 5.23. The average Bonchev–Trinajstić information content (AvgIpc) is 3.18. The van der Waals surface area contributed by atoms with Gasteiger partial charge in [0.1, 0.15) is 5.76 Å². The highest BCUT2D eigenvalue weighted by atomic mass is 16.4. The third-order valence-corrected chi connectivity index (χ3v) is 5.15. The Morgan fingerprint density at radius 2 is 2.00 bits per heavy atom. The summed E-state index contributed by atoms with van der Waals surface area (Å²) in [5.41, 5.74) is 1.06. The molecule has 0 unspecified atom stereocenters. The zero-order valence-electron chi connectivity index (χ0n) is 13.0. The molecule has 22 heavy (non-hydrogen) atoms. The van der Waals surface area contributed by atoms with Gasteiger partial charge in [0.25, 0.3) is 5.91 Å². The quantitative estimate of drug-likeness (QED) is 0.846. The molecular weight excluding hydrogens is 282 g/mol. The Morgan fingerprint density at radius 3 is 2.64 bits per heavy atom. The van der Waals surface area contributed by atoms with Gasteiger partial charge in [0.2, 0.25) is 5.91 Å². The molecule has 1 N–H and O–H groups in total. The summed E-state index contributed by atoms with van der Waals surface area (Å²) in [4.78, 5) is 35.1. The second-order valence-electron chi connectivity index (χ2n) is 6.81. The first kappa shape index (κ1) is 15.0. The molecule has 0 spiro atoms. The van der Waals surface area contributed by atoms with Crippen LogP contribution in [0.5, 0.6) is 0 Å². The Hall–Kier alpha value is -1.91. The molecule has 0 saturated heterocycles. The number of rotatable bonds is 5. The molecule has 0 radical (unpaired) electrons. The highest BCUT2D eigenvalue weighted by Gasteiger charge is 2.44. The Balaban J connectivity index is 1.78. The molecule has 118 valence electrons. The van der Waals surface area contributed by atoms with E-state index >= 15 is 0 Å². The standard InChI is InChI=1S/C17H21NO4/c1-10(2)17(6-7-17)5-3-4-11-8-14(20)22-12-9-13(19)18-16(21)15(11)12/h8,10H,3-7,9H2,1-2H3,(H,18,19,21). The molecule has 2 amide bonds. The van der Waals surface area contributed by atoms with Crippen LogP contribution in [0.25, 0.3) is 0 Å². The van der Waals surface area contributed by atoms with Crippen molar-refractivity contribution in [1.82, 2.24) is 5.32 Å². The van der Waals surface area contributed by atoms with Crippen LogP contribution in [0.2, 0.25) is 0 Å². The summed E-state index contributed by atoms with van der Waals surface area (Å²) in [5, 5.41) is 2.29. The number of hydrogen-bond acceptors (Lipinski definition) is 4. The minimum atomic E-state index is -0.485. The number of fused-ring (bicyclic) bond motifs is 1. The number of carbonyl (C=O) groups excluding carboxylic acids is 2. The molecule has 5 heteroatoms. The van der Waals surface area contributed by atoms with Crippen LogP contribution in [0.3, 0.4) is 0 Å². The first-order valence-electron chi connectivity index (χ1n) is 7.91. The lowest BCUT2D eigenvalue weighted by atomic mass is 9.86. The van der Waals surface area contributed by atoms with E-state index in [0.29, 0.717) is 28.9 Å². The van der Waals surface area contributed by atoms with Crippen molar-refractivity contribution in [3.8, 4) is 0 Å². The van der Waals surface area contributed by atoms with E-state index in [2.05, 4.69) is 19.2 Å². The van der Waals surface area contributed by atoms with Crippen LogP contribution >= 0.6 is 0 Å². The first-order chi connectivity index (χ1) is 10.4. The number of carbonyl (C=O) groups is 2. The summed E-state index contributed by atoms with van der Waals surface area (Å²) >= 11 is 0. The summed E-state index contributed by atoms with van der Waals surface area (Å²) in [6, 6.07) is 1.39. The average molecular weight is 303 g/mol. The number of imide groups is 1. The van der Waals surface area contributed by atoms with Crippen molar-refractivity contribution in [3.63, 3.8) is 0 Å². The fourth-order valence-corrected chi connectivity index (χ4v) is 3.48. The van der Waals surface area contributed by atoms with Gasteiger partial charge in [-0.2, -0.15) is 0 Å². The van der Waals surface area contributed by atoms with E-state index in [0.717, 1.165) is 12.8 Å². The molecule has 1 fully saturated rings. The van der Waals surface area contributed by atoms with E-state index in [1.54, 1.807) is 0 Å². The van der Waals surface area contributed by atoms with Crippen molar-refractivity contribution in [1.29, 1.82) is 0 Å². The van der Waals surface area contributed by atoms with Crippen molar-refractivity contribution in [2.24, 2.45) is 11.3 Å². The van der Waals surface area contributed by atoms with Crippen LogP contribution < -0.4 is 10.9 Å². The lowest BCUT2D eigenvalue weighted by molar-refractivity contribution is -0.120. The van der Waals surface area contributed by atoms with Gasteiger partial charge in [-0.1, -0.05) is 13.8 Å². The lowest BCUT2D eigenvalue weighted by Crippen LogP contribution is -2.38. The van der Waals surface area contributed by atoms with Crippen LogP contribution in [0.4, 0.5) is 0 Å². The monoisotopic (exact) mass is 303 g/mol. The summed E-state index contributed by atoms with van der Waals surface area (Å²) < 4.78 is 5.04. The van der Waals surface area contributed by atoms with E-state index in [4.69, 9.17) is 4.42 Å². The third-order valence-electron chi connectivity index (χ3n) is 5.15. The van der Waals surface area contributed by atoms with E-state index < -0.39 is 17.4 Å². The molecule has 1 aromatic heterocycles. The van der Waals surface area contributed by atoms with Crippen LogP contribution in [-0.4, -0.2) is 11.8 Å². The molecule has 2 aliphatic rings. The van der Waals surface area contributed by atoms with E-state index in [9.17, 15) is 14.4 Å². The lowest BCUT2D eigenvalue weighted by Gasteiger charge is -2.20. The molecule has 3 rings (SSSR count). The molecule has 2 heterocycles. The number of aryl methyl sites for hydroxylation is 1. The third kappa shape index (κ3) is 2.72. The van der Waals surface area contributed by atoms with E-state index in [1.165, 1.54) is 18.9 Å². The molecule has 5 nitrogen and oxygen atoms in total. The van der Waals surface area contributed by atoms with Gasteiger partial charge in [-0.15, -0.1) is 0 Å². The van der Waals surface area contributed by atoms with Gasteiger partial charge in [0.05, 0.1) is 12.0 Å². The molecule has 1 aliphatic carbocycles. The number of amides is 2. The fraction of sp³-hybridized carbons (Fsp3) is 0.588. The van der Waals surface area contributed by atoms with E-state index in [1.807, 2.05) is 0 Å². The van der Waals surface area contributed by atoms with Gasteiger partial charge in [0, 0.05) is 6.07 Å². The minimum Gasteiger partial charge on any atom is -0.426 e. The van der Waals surface area contributed by atoms with Crippen molar-refractivity contribution in [3.05, 3.63) is 33.4 Å². The highest BCUT2D eigenvalue weighted by molar-refractivity contribution is 6.09. The zero-order valence-corrected chi connectivity index (χ0v) is 13.0. The van der Waals surface area contributed by atoms with Crippen LogP contribution in [0.1, 0.15) is 61.2 Å². The second kappa shape index (κ2) is 5.38. The molecule has 1 saturated carbocycles. The predicted molar refractivity (Wildman–Crippen MR) is 80.6 cm³/mol. The predicted octanol–water partition coefficient (Wildman–Crippen LogP) is 2.21. The maximum Gasteiger partial charge on any atom is 0.336 e. The molecule has 0 bridgehead atoms. The summed E-state index contributed by atoms with van der Waals surface area (Å²) in [6.45, 7) is 4.51. The molecule has 1 aliphatic heterocycles. The maximum absolute atomic E-state index is 12.0. The zero-order chi connectivity index (χ0) is 15.9. The van der Waals surface area contributed by atoms with Gasteiger partial charge in [-0.25, -0.2) is 4.79 Å². The van der Waals surface area contributed by atoms with Crippen LogP contribution in [-0.2, 0) is 17.6 Å². The first-order valence-corrected chi connectivity index (χ1v) is 7.91. The summed E-state index contributed by atoms with van der Waals surface area (Å²) in [5.74, 6) is 0.00829. The van der Waals surface area contributed by atoms with Gasteiger partial charge in [-0.05, 0) is 49.0 Å². The summed E-state index contributed by atoms with van der Waals surface area (Å²) in [7, 11) is 0. The normalized spacial score (nSPS) is 19.0. The van der Waals surface area contributed by atoms with Gasteiger partial charge < -0.3 is 4.42 Å². The second-order valence-corrected chi connectivity index (χ2v) is 6.81. The molecule has 1 aromatic rings. The Morgan fingerprint density at radius 1 is 1.27 bits per heavy atom. The Labute approximate surface area is 129 Å². The number of hydrogen-bond donors (Lipinski definition) is 1. The fourth-order valence-electron chi connectivity index (χ4n) is 3.48. The van der Waals surface area contributed by atoms with Crippen molar-refractivity contribution in [2.45, 2.75) is 52.4 Å². The largest absolute Gasteiger partial charge is 0.426 e. The van der Waals surface area contributed by atoms with Gasteiger partial charge in [-0.3, -0.25) is 14.9 Å². The smallest absolute Gasteiger partial charge is 0.336 e. The topological polar surface area (TPSA) is 76.4 Å². The van der Waals surface area contributed by atoms with E-state index in [-0.39, 0.29) is 12.2 Å². The van der Waals surface area contributed by atoms with Crippen LogP contribution in [0, 0.1) is 11.3 Å². The molecule has 0 aromatic carbocycles. The highest BCUT2D eigenvalue weighted by Crippen LogP contribution is 2.55. The minimum absolute atomic E-state index is 0.0416. The van der Waals surface area contributed by atoms with Gasteiger partial charge in [0.15, 0.2) is 0 Å². The SMILES string of the molecule is CC(C)C1(CCCc2cc(=O)oc3c2C(=O)NC(=O)C3)CC1. The Bertz CT molecular complexity index is 682. The van der Waals surface area contributed by atoms with Crippen molar-refractivity contribution < 1.29 is 14.0 Å². The van der Waals surface area contributed by atoms with Crippen molar-refractivity contribution in [2.75, 3.05) is 0 Å². The Kier molecular flexibility index (Phi) is 3.67. The number of nitrogens with one attached hydrogen (secondary N) is 1. The van der Waals surface area contributed by atoms with Crippen LogP contribution in [0.15, 0.2) is 15.3 Å². The molecular formula is C17H21NO4. The van der Waals surface area contributed by atoms with Gasteiger partial charge >= 0.3 is 5.63 Å². The molecule has 0 atom stereocenters. The maximum atomic E-state index is 12.0.